The lowest BCUT2D eigenvalue weighted by Crippen LogP contribution is -2.30. The van der Waals surface area contributed by atoms with Gasteiger partial charge in [-0.05, 0) is 161 Å². The molecule has 0 fully saturated rings. The standard InChI is InChI=1S/C101H172O16P2/c1-4-7-10-13-16-19-22-25-28-31-34-37-40-42-44-46-47-49-51-52-55-57-60-63-66-69-72-75-78-81-84-87-99(104)111-90-96(102)91-113-118(107,108)114-92-97(103)93-115-119(109,110)116-95-98(117-101(106)89-86-83-80-77-74-71-68-65-62-59-54-39-36-33-30-27-24-21-18-15-12-9-6-3)94-112-100(105)88-85-82-79-76-73-70-67-64-61-58-56-53-50-48-45-43-41-38-35-32-29-26-23-20-17-14-11-8-5-2/h9,12,16-21,25-30,34-39,42-45,59,62,68,71,96-98,102-103H,4-8,10-11,13-15,22-24,31-33,40-41,46-58,60-61,63-67,69-70,72-95H2,1-3H3,(H,107,108)(H,109,110)/b12-9-,19-16-,20-17-,21-18-,28-25-,29-26-,30-27-,37-34-,38-35-,39-36-,44-42-,45-43-,62-59-,71-68-. The van der Waals surface area contributed by atoms with Crippen LogP contribution in [0, 0.1) is 0 Å². The van der Waals surface area contributed by atoms with Gasteiger partial charge in [0.1, 0.15) is 25.4 Å². The molecule has 0 aliphatic heterocycles. The molecule has 5 atom stereocenters. The molecule has 0 spiro atoms. The van der Waals surface area contributed by atoms with Crippen molar-refractivity contribution in [1.29, 1.82) is 0 Å². The predicted molar refractivity (Wildman–Crippen MR) is 500 cm³/mol. The Morgan fingerprint density at radius 2 is 0.445 bits per heavy atom. The van der Waals surface area contributed by atoms with Gasteiger partial charge in [-0.1, -0.05) is 384 Å². The molecule has 16 nitrogen and oxygen atoms in total. The van der Waals surface area contributed by atoms with Crippen molar-refractivity contribution in [1.82, 2.24) is 0 Å². The lowest BCUT2D eigenvalue weighted by molar-refractivity contribution is -0.161. The Morgan fingerprint density at radius 1 is 0.244 bits per heavy atom. The molecule has 4 N–H and O–H groups in total. The number of carbonyl (C=O) groups is 3. The molecular formula is C101H172O16P2. The van der Waals surface area contributed by atoms with Gasteiger partial charge >= 0.3 is 33.6 Å². The topological polar surface area (TPSA) is 231 Å². The molecule has 5 unspecified atom stereocenters. The van der Waals surface area contributed by atoms with E-state index >= 15 is 0 Å². The molecule has 0 aromatic rings. The van der Waals surface area contributed by atoms with Crippen LogP contribution in [0.2, 0.25) is 0 Å². The summed E-state index contributed by atoms with van der Waals surface area (Å²) in [5.74, 6) is -1.60. The number of aliphatic hydroxyl groups is 2. The highest BCUT2D eigenvalue weighted by Crippen LogP contribution is 2.45. The Kier molecular flexibility index (Phi) is 88.2. The van der Waals surface area contributed by atoms with Crippen LogP contribution in [0.1, 0.15) is 393 Å². The first kappa shape index (κ1) is 114. The highest BCUT2D eigenvalue weighted by molar-refractivity contribution is 7.47. The zero-order valence-electron chi connectivity index (χ0n) is 75.2. The van der Waals surface area contributed by atoms with Gasteiger partial charge in [0.15, 0.2) is 6.10 Å². The highest BCUT2D eigenvalue weighted by atomic mass is 31.2. The molecule has 0 saturated carbocycles. The first-order valence-corrected chi connectivity index (χ1v) is 50.4. The molecule has 0 amide bonds. The molecule has 0 aromatic heterocycles. The molecule has 0 aromatic carbocycles. The number of phosphoric acid groups is 2. The smallest absolute Gasteiger partial charge is 0.463 e. The van der Waals surface area contributed by atoms with Crippen molar-refractivity contribution in [3.8, 4) is 0 Å². The second-order valence-corrected chi connectivity index (χ2v) is 34.3. The maximum Gasteiger partial charge on any atom is 0.472 e. The zero-order chi connectivity index (χ0) is 86.5. The second kappa shape index (κ2) is 92.1. The van der Waals surface area contributed by atoms with E-state index < -0.39 is 91.5 Å². The Labute approximate surface area is 726 Å². The third kappa shape index (κ3) is 93.5. The fourth-order valence-corrected chi connectivity index (χ4v) is 14.3. The predicted octanol–water partition coefficient (Wildman–Crippen LogP) is 29.4. The van der Waals surface area contributed by atoms with E-state index in [1.54, 1.807) is 0 Å². The summed E-state index contributed by atoms with van der Waals surface area (Å²) in [6, 6.07) is 0. The minimum Gasteiger partial charge on any atom is -0.463 e. The van der Waals surface area contributed by atoms with E-state index in [1.807, 2.05) is 0 Å². The molecule has 0 aliphatic carbocycles. The highest BCUT2D eigenvalue weighted by Gasteiger charge is 2.29. The molecule has 18 heteroatoms. The van der Waals surface area contributed by atoms with Gasteiger partial charge in [-0.2, -0.15) is 0 Å². The molecule has 0 rings (SSSR count). The summed E-state index contributed by atoms with van der Waals surface area (Å²) in [6.07, 6.45) is 120. The van der Waals surface area contributed by atoms with Crippen LogP contribution in [-0.4, -0.2) is 95.9 Å². The average Bonchev–Trinajstić information content (AvgIpc) is 0.902. The van der Waals surface area contributed by atoms with Gasteiger partial charge in [0.25, 0.3) is 0 Å². The van der Waals surface area contributed by atoms with Gasteiger partial charge in [-0.3, -0.25) is 32.5 Å². The number of esters is 3. The van der Waals surface area contributed by atoms with Crippen molar-refractivity contribution in [2.24, 2.45) is 0 Å². The lowest BCUT2D eigenvalue weighted by atomic mass is 10.0. The largest absolute Gasteiger partial charge is 0.472 e. The molecule has 0 bridgehead atoms. The van der Waals surface area contributed by atoms with E-state index in [9.17, 15) is 43.5 Å². The fourth-order valence-electron chi connectivity index (χ4n) is 12.7. The SMILES string of the molecule is CC/C=C\C/C=C\C/C=C\C/C=C\C/C=C\C/C=C\CCCCCCC(=O)OC(COC(=O)CCCCCCCCCCCCCCC/C=C\C/C=C\C/C=C\C/C=C\CCCCC)COP(=O)(O)OCC(O)COP(=O)(O)OCC(O)COC(=O)CCCCCCCCCCCCCCCCC/C=C\C/C=C\C/C=C\C/C=C\CCCCC. The summed E-state index contributed by atoms with van der Waals surface area (Å²) < 4.78 is 61.5. The summed E-state index contributed by atoms with van der Waals surface area (Å²) in [5.41, 5.74) is 0. The number of rotatable bonds is 89. The maximum atomic E-state index is 13.1. The van der Waals surface area contributed by atoms with Crippen molar-refractivity contribution in [2.45, 2.75) is 411 Å². The monoisotopic (exact) mass is 1700 g/mol. The number of aliphatic hydroxyl groups excluding tert-OH is 2. The van der Waals surface area contributed by atoms with Crippen LogP contribution in [0.4, 0.5) is 0 Å². The van der Waals surface area contributed by atoms with Gasteiger partial charge in [0, 0.05) is 19.3 Å². The van der Waals surface area contributed by atoms with E-state index in [0.717, 1.165) is 154 Å². The molecular weight excluding hydrogens is 1530 g/mol. The number of phosphoric ester groups is 2. The van der Waals surface area contributed by atoms with E-state index in [1.165, 1.54) is 180 Å². The number of unbranched alkanes of at least 4 members (excludes halogenated alkanes) is 38. The lowest BCUT2D eigenvalue weighted by Gasteiger charge is -2.21. The molecule has 119 heavy (non-hydrogen) atoms. The number of ether oxygens (including phenoxy) is 3. The van der Waals surface area contributed by atoms with Gasteiger partial charge < -0.3 is 34.2 Å². The van der Waals surface area contributed by atoms with Crippen LogP contribution in [0.3, 0.4) is 0 Å². The number of hydrogen-bond acceptors (Lipinski definition) is 14. The molecule has 0 saturated heterocycles. The summed E-state index contributed by atoms with van der Waals surface area (Å²) >= 11 is 0. The van der Waals surface area contributed by atoms with Crippen LogP contribution < -0.4 is 0 Å². The molecule has 682 valence electrons. The molecule has 0 heterocycles. The van der Waals surface area contributed by atoms with Gasteiger partial charge in [0.2, 0.25) is 0 Å². The minimum atomic E-state index is -4.95. The van der Waals surface area contributed by atoms with Crippen LogP contribution in [0.25, 0.3) is 0 Å². The first-order chi connectivity index (χ1) is 58.2. The molecule has 0 radical (unpaired) electrons. The van der Waals surface area contributed by atoms with E-state index in [2.05, 4.69) is 191 Å². The summed E-state index contributed by atoms with van der Waals surface area (Å²) in [6.45, 7) is 2.52. The molecule has 0 aliphatic rings. The van der Waals surface area contributed by atoms with Gasteiger partial charge in [-0.15, -0.1) is 0 Å². The third-order valence-corrected chi connectivity index (χ3v) is 21.8. The third-order valence-electron chi connectivity index (χ3n) is 19.9. The van der Waals surface area contributed by atoms with Crippen LogP contribution in [0.5, 0.6) is 0 Å². The van der Waals surface area contributed by atoms with Gasteiger partial charge in [-0.25, -0.2) is 9.13 Å². The first-order valence-electron chi connectivity index (χ1n) is 47.4. The van der Waals surface area contributed by atoms with Crippen LogP contribution >= 0.6 is 15.6 Å². The fraction of sp³-hybridized carbons (Fsp3) is 0.693. The minimum absolute atomic E-state index is 0.0699. The van der Waals surface area contributed by atoms with Gasteiger partial charge in [0.05, 0.1) is 26.4 Å². The van der Waals surface area contributed by atoms with E-state index in [-0.39, 0.29) is 19.3 Å². The van der Waals surface area contributed by atoms with E-state index in [4.69, 9.17) is 32.3 Å². The Morgan fingerprint density at radius 3 is 0.706 bits per heavy atom. The van der Waals surface area contributed by atoms with E-state index in [0.29, 0.717) is 19.3 Å². The normalized spacial score (nSPS) is 14.5. The van der Waals surface area contributed by atoms with Crippen molar-refractivity contribution in [3.05, 3.63) is 170 Å². The summed E-state index contributed by atoms with van der Waals surface area (Å²) in [7, 11) is -9.83. The number of allylic oxidation sites excluding steroid dienone is 28. The number of carbonyl (C=O) groups excluding carboxylic acids is 3. The van der Waals surface area contributed by atoms with Crippen molar-refractivity contribution in [3.63, 3.8) is 0 Å². The Hall–Kier alpha value is -5.09. The average molecular weight is 1700 g/mol. The van der Waals surface area contributed by atoms with Crippen molar-refractivity contribution in [2.75, 3.05) is 39.6 Å². The van der Waals surface area contributed by atoms with Crippen LogP contribution in [-0.2, 0) is 55.8 Å². The number of hydrogen-bond donors (Lipinski definition) is 4. The van der Waals surface area contributed by atoms with Crippen molar-refractivity contribution < 1.29 is 75.8 Å². The Bertz CT molecular complexity index is 2840. The quantitative estimate of drug-likeness (QED) is 0.0146. The Balaban J connectivity index is 4.63. The van der Waals surface area contributed by atoms with Crippen LogP contribution in [0.15, 0.2) is 170 Å². The summed E-state index contributed by atoms with van der Waals surface area (Å²) in [5, 5.41) is 20.8. The summed E-state index contributed by atoms with van der Waals surface area (Å²) in [4.78, 5) is 59.1. The second-order valence-electron chi connectivity index (χ2n) is 31.4. The maximum absolute atomic E-state index is 13.1. The van der Waals surface area contributed by atoms with Crippen molar-refractivity contribution >= 4 is 33.6 Å². The zero-order valence-corrected chi connectivity index (χ0v) is 77.0.